The van der Waals surface area contributed by atoms with E-state index in [2.05, 4.69) is 20.9 Å². The number of benzene rings is 1. The van der Waals surface area contributed by atoms with E-state index in [4.69, 9.17) is 4.74 Å². The first-order valence-electron chi connectivity index (χ1n) is 6.16. The van der Waals surface area contributed by atoms with Gasteiger partial charge in [-0.05, 0) is 30.5 Å². The van der Waals surface area contributed by atoms with Crippen LogP contribution < -0.4 is 4.74 Å². The molecule has 1 aromatic carbocycles. The molecule has 0 saturated heterocycles. The molecule has 2 heterocycles. The van der Waals surface area contributed by atoms with Gasteiger partial charge in [0.15, 0.2) is 0 Å². The van der Waals surface area contributed by atoms with E-state index in [0.29, 0.717) is 11.2 Å². The van der Waals surface area contributed by atoms with E-state index >= 15 is 0 Å². The highest BCUT2D eigenvalue weighted by atomic mass is 79.9. The Morgan fingerprint density at radius 1 is 1.20 bits per heavy atom. The van der Waals surface area contributed by atoms with Gasteiger partial charge in [0.2, 0.25) is 5.88 Å². The highest BCUT2D eigenvalue weighted by Gasteiger charge is 2.14. The summed E-state index contributed by atoms with van der Waals surface area (Å²) in [6, 6.07) is 13.9. The molecule has 0 bridgehead atoms. The third-order valence-electron chi connectivity index (χ3n) is 2.99. The Kier molecular flexibility index (Phi) is 3.98. The lowest BCUT2D eigenvalue weighted by Crippen LogP contribution is -1.92. The summed E-state index contributed by atoms with van der Waals surface area (Å²) in [7, 11) is 0. The minimum absolute atomic E-state index is 0.648. The maximum absolute atomic E-state index is 6.02. The molecule has 0 spiro atoms. The number of halogens is 1. The topological polar surface area (TPSA) is 26.5 Å². The number of pyridine rings is 1. The third-order valence-corrected chi connectivity index (χ3v) is 4.30. The van der Waals surface area contributed by atoms with Gasteiger partial charge in [0.25, 0.3) is 0 Å². The van der Waals surface area contributed by atoms with Gasteiger partial charge in [-0.25, -0.2) is 0 Å². The van der Waals surface area contributed by atoms with Gasteiger partial charge in [-0.2, -0.15) is 4.98 Å². The molecular formula is C15H13BrN2OS. The minimum Gasteiger partial charge on any atom is -0.436 e. The molecule has 3 nitrogen and oxygen atoms in total. The van der Waals surface area contributed by atoms with Gasteiger partial charge in [0.05, 0.1) is 5.69 Å². The summed E-state index contributed by atoms with van der Waals surface area (Å²) in [5.74, 6) is 1.49. The smallest absolute Gasteiger partial charge is 0.242 e. The predicted octanol–water partition coefficient (Wildman–Crippen LogP) is 4.74. The molecular weight excluding hydrogens is 336 g/mol. The highest BCUT2D eigenvalue weighted by Crippen LogP contribution is 2.33. The van der Waals surface area contributed by atoms with Gasteiger partial charge < -0.3 is 4.74 Å². The number of para-hydroxylation sites is 1. The van der Waals surface area contributed by atoms with Crippen molar-refractivity contribution in [1.29, 1.82) is 0 Å². The number of imidazole rings is 1. The SMILES string of the molecule is CSc1ccccc1Oc1nc2ccccn2c1CBr. The lowest BCUT2D eigenvalue weighted by molar-refractivity contribution is 0.451. The van der Waals surface area contributed by atoms with Gasteiger partial charge in [-0.3, -0.25) is 4.40 Å². The normalized spacial score (nSPS) is 10.9. The third kappa shape index (κ3) is 2.43. The first kappa shape index (κ1) is 13.5. The fourth-order valence-corrected chi connectivity index (χ4v) is 3.07. The zero-order valence-corrected chi connectivity index (χ0v) is 13.3. The van der Waals surface area contributed by atoms with Crippen LogP contribution >= 0.6 is 27.7 Å². The van der Waals surface area contributed by atoms with Crippen molar-refractivity contribution >= 4 is 33.3 Å². The number of fused-ring (bicyclic) bond motifs is 1. The second kappa shape index (κ2) is 5.89. The summed E-state index contributed by atoms with van der Waals surface area (Å²) in [4.78, 5) is 5.66. The zero-order valence-electron chi connectivity index (χ0n) is 10.9. The zero-order chi connectivity index (χ0) is 13.9. The molecule has 0 fully saturated rings. The summed E-state index contributed by atoms with van der Waals surface area (Å²) in [5.41, 5.74) is 1.90. The number of thioether (sulfide) groups is 1. The van der Waals surface area contributed by atoms with Crippen LogP contribution in [-0.4, -0.2) is 15.6 Å². The van der Waals surface area contributed by atoms with E-state index in [1.807, 2.05) is 59.3 Å². The van der Waals surface area contributed by atoms with Crippen molar-refractivity contribution in [2.45, 2.75) is 10.2 Å². The summed E-state index contributed by atoms with van der Waals surface area (Å²) < 4.78 is 8.06. The Labute approximate surface area is 130 Å². The number of hydrogen-bond acceptors (Lipinski definition) is 3. The number of alkyl halides is 1. The average Bonchev–Trinajstić information content (AvgIpc) is 2.85. The summed E-state index contributed by atoms with van der Waals surface area (Å²) in [6.45, 7) is 0. The molecule has 0 unspecified atom stereocenters. The van der Waals surface area contributed by atoms with E-state index in [0.717, 1.165) is 22.0 Å². The molecule has 0 amide bonds. The number of ether oxygens (including phenoxy) is 1. The van der Waals surface area contributed by atoms with Crippen LogP contribution in [0.25, 0.3) is 5.65 Å². The van der Waals surface area contributed by atoms with Crippen LogP contribution in [0.3, 0.4) is 0 Å². The largest absolute Gasteiger partial charge is 0.436 e. The molecule has 0 aliphatic rings. The minimum atomic E-state index is 0.648. The predicted molar refractivity (Wildman–Crippen MR) is 86.1 cm³/mol. The van der Waals surface area contributed by atoms with Crippen LogP contribution in [0.2, 0.25) is 0 Å². The molecule has 20 heavy (non-hydrogen) atoms. The van der Waals surface area contributed by atoms with E-state index in [-0.39, 0.29) is 0 Å². The van der Waals surface area contributed by atoms with Crippen molar-refractivity contribution in [3.05, 3.63) is 54.4 Å². The Morgan fingerprint density at radius 2 is 2.00 bits per heavy atom. The van der Waals surface area contributed by atoms with Gasteiger partial charge >= 0.3 is 0 Å². The molecule has 0 atom stereocenters. The second-order valence-electron chi connectivity index (χ2n) is 4.18. The molecule has 2 aromatic heterocycles. The van der Waals surface area contributed by atoms with Crippen LogP contribution in [0.15, 0.2) is 53.6 Å². The number of rotatable bonds is 4. The van der Waals surface area contributed by atoms with Crippen LogP contribution in [0, 0.1) is 0 Å². The molecule has 0 saturated carbocycles. The van der Waals surface area contributed by atoms with E-state index in [1.165, 1.54) is 0 Å². The Morgan fingerprint density at radius 3 is 2.80 bits per heavy atom. The second-order valence-corrected chi connectivity index (χ2v) is 5.59. The van der Waals surface area contributed by atoms with Crippen LogP contribution in [-0.2, 0) is 5.33 Å². The van der Waals surface area contributed by atoms with Gasteiger partial charge in [0, 0.05) is 16.4 Å². The van der Waals surface area contributed by atoms with Crippen molar-refractivity contribution in [3.63, 3.8) is 0 Å². The fourth-order valence-electron chi connectivity index (χ4n) is 2.04. The van der Waals surface area contributed by atoms with Crippen LogP contribution in [0.1, 0.15) is 5.69 Å². The van der Waals surface area contributed by atoms with Crippen molar-refractivity contribution in [2.24, 2.45) is 0 Å². The van der Waals surface area contributed by atoms with E-state index in [1.54, 1.807) is 11.8 Å². The molecule has 3 aromatic rings. The van der Waals surface area contributed by atoms with Gasteiger partial charge in [-0.1, -0.05) is 34.1 Å². The number of nitrogens with zero attached hydrogens (tertiary/aromatic N) is 2. The summed E-state index contributed by atoms with van der Waals surface area (Å²) in [5, 5.41) is 0.689. The molecule has 3 rings (SSSR count). The summed E-state index contributed by atoms with van der Waals surface area (Å²) >= 11 is 5.18. The van der Waals surface area contributed by atoms with Crippen molar-refractivity contribution in [3.8, 4) is 11.6 Å². The lowest BCUT2D eigenvalue weighted by atomic mass is 10.3. The molecule has 0 radical (unpaired) electrons. The number of hydrogen-bond donors (Lipinski definition) is 0. The summed E-state index contributed by atoms with van der Waals surface area (Å²) in [6.07, 6.45) is 4.03. The van der Waals surface area contributed by atoms with Crippen LogP contribution in [0.4, 0.5) is 0 Å². The standard InChI is InChI=1S/C15H13BrN2OS/c1-20-13-7-3-2-6-12(13)19-15-11(10-16)18-9-5-4-8-14(18)17-15/h2-9H,10H2,1H3. The Balaban J connectivity index is 2.06. The van der Waals surface area contributed by atoms with Crippen molar-refractivity contribution < 1.29 is 4.74 Å². The maximum Gasteiger partial charge on any atom is 0.242 e. The van der Waals surface area contributed by atoms with Crippen molar-refractivity contribution in [1.82, 2.24) is 9.38 Å². The van der Waals surface area contributed by atoms with Crippen molar-refractivity contribution in [2.75, 3.05) is 6.26 Å². The molecule has 5 heteroatoms. The molecule has 0 aliphatic heterocycles. The monoisotopic (exact) mass is 348 g/mol. The Hall–Kier alpha value is -1.46. The average molecular weight is 349 g/mol. The van der Waals surface area contributed by atoms with Crippen LogP contribution in [0.5, 0.6) is 11.6 Å². The highest BCUT2D eigenvalue weighted by molar-refractivity contribution is 9.08. The van der Waals surface area contributed by atoms with Gasteiger partial charge in [-0.15, -0.1) is 11.8 Å². The molecule has 102 valence electrons. The Bertz CT molecular complexity index is 742. The molecule has 0 N–H and O–H groups in total. The first-order valence-corrected chi connectivity index (χ1v) is 8.51. The maximum atomic E-state index is 6.02. The first-order chi connectivity index (χ1) is 9.83. The van der Waals surface area contributed by atoms with E-state index in [9.17, 15) is 0 Å². The fraction of sp³-hybridized carbons (Fsp3) is 0.133. The number of aromatic nitrogens is 2. The van der Waals surface area contributed by atoms with Gasteiger partial charge in [0.1, 0.15) is 11.4 Å². The lowest BCUT2D eigenvalue weighted by Gasteiger charge is -2.08. The van der Waals surface area contributed by atoms with E-state index < -0.39 is 0 Å². The quantitative estimate of drug-likeness (QED) is 0.503. The molecule has 0 aliphatic carbocycles.